The average molecular weight is 324 g/mol. The van der Waals surface area contributed by atoms with Crippen molar-refractivity contribution < 1.29 is 19.1 Å². The lowest BCUT2D eigenvalue weighted by molar-refractivity contribution is 0.0533. The molecule has 0 atom stereocenters. The van der Waals surface area contributed by atoms with Gasteiger partial charge in [-0.25, -0.2) is 9.59 Å². The SMILES string of the molecule is COC(=O)c1cc(C#CCNC(=O)OC(C)(C)C)ccc1Cl. The Morgan fingerprint density at radius 3 is 2.59 bits per heavy atom. The molecule has 0 aliphatic rings. The van der Waals surface area contributed by atoms with Crippen LogP contribution in [0.1, 0.15) is 36.7 Å². The van der Waals surface area contributed by atoms with Crippen LogP contribution in [0.5, 0.6) is 0 Å². The number of hydrogen-bond acceptors (Lipinski definition) is 4. The van der Waals surface area contributed by atoms with Crippen molar-refractivity contribution in [2.75, 3.05) is 13.7 Å². The minimum atomic E-state index is -0.552. The average Bonchev–Trinajstić information content (AvgIpc) is 2.42. The van der Waals surface area contributed by atoms with E-state index in [-0.39, 0.29) is 12.1 Å². The highest BCUT2D eigenvalue weighted by Gasteiger charge is 2.15. The highest BCUT2D eigenvalue weighted by molar-refractivity contribution is 6.33. The van der Waals surface area contributed by atoms with Crippen LogP contribution in [0.4, 0.5) is 4.79 Å². The minimum Gasteiger partial charge on any atom is -0.465 e. The van der Waals surface area contributed by atoms with Crippen LogP contribution in [-0.4, -0.2) is 31.3 Å². The number of carbonyl (C=O) groups excluding carboxylic acids is 2. The molecule has 0 heterocycles. The molecular weight excluding hydrogens is 306 g/mol. The van der Waals surface area contributed by atoms with Crippen LogP contribution < -0.4 is 5.32 Å². The summed E-state index contributed by atoms with van der Waals surface area (Å²) in [6, 6.07) is 4.78. The monoisotopic (exact) mass is 323 g/mol. The fourth-order valence-corrected chi connectivity index (χ4v) is 1.64. The molecule has 1 N–H and O–H groups in total. The number of amides is 1. The number of benzene rings is 1. The maximum absolute atomic E-state index is 11.5. The second kappa shape index (κ2) is 7.71. The van der Waals surface area contributed by atoms with Gasteiger partial charge in [-0.05, 0) is 39.0 Å². The van der Waals surface area contributed by atoms with E-state index in [1.807, 2.05) is 0 Å². The van der Waals surface area contributed by atoms with Crippen molar-refractivity contribution in [2.45, 2.75) is 26.4 Å². The second-order valence-corrected chi connectivity index (χ2v) is 5.75. The molecule has 0 bridgehead atoms. The number of methoxy groups -OCH3 is 1. The number of halogens is 1. The molecule has 6 heteroatoms. The van der Waals surface area contributed by atoms with Crippen molar-refractivity contribution >= 4 is 23.7 Å². The third-order valence-electron chi connectivity index (χ3n) is 2.32. The van der Waals surface area contributed by atoms with Crippen molar-refractivity contribution in [3.8, 4) is 11.8 Å². The van der Waals surface area contributed by atoms with Gasteiger partial charge in [-0.1, -0.05) is 23.4 Å². The van der Waals surface area contributed by atoms with E-state index in [1.165, 1.54) is 13.2 Å². The van der Waals surface area contributed by atoms with Crippen LogP contribution in [0.3, 0.4) is 0 Å². The van der Waals surface area contributed by atoms with Crippen LogP contribution in [0.2, 0.25) is 5.02 Å². The smallest absolute Gasteiger partial charge is 0.408 e. The molecule has 118 valence electrons. The van der Waals surface area contributed by atoms with E-state index < -0.39 is 17.7 Å². The fourth-order valence-electron chi connectivity index (χ4n) is 1.45. The summed E-state index contributed by atoms with van der Waals surface area (Å²) in [5.74, 6) is 5.06. The summed E-state index contributed by atoms with van der Waals surface area (Å²) in [4.78, 5) is 22.9. The predicted octanol–water partition coefficient (Wildman–Crippen LogP) is 3.00. The summed E-state index contributed by atoms with van der Waals surface area (Å²) < 4.78 is 9.70. The molecule has 1 aromatic rings. The van der Waals surface area contributed by atoms with Crippen molar-refractivity contribution in [3.05, 3.63) is 34.3 Å². The van der Waals surface area contributed by atoms with E-state index in [2.05, 4.69) is 21.9 Å². The highest BCUT2D eigenvalue weighted by Crippen LogP contribution is 2.18. The van der Waals surface area contributed by atoms with E-state index in [1.54, 1.807) is 32.9 Å². The topological polar surface area (TPSA) is 64.6 Å². The molecule has 0 unspecified atom stereocenters. The maximum Gasteiger partial charge on any atom is 0.408 e. The summed E-state index contributed by atoms with van der Waals surface area (Å²) in [5.41, 5.74) is 0.287. The van der Waals surface area contributed by atoms with E-state index in [0.29, 0.717) is 10.6 Å². The Bertz CT molecular complexity index is 623. The van der Waals surface area contributed by atoms with E-state index in [9.17, 15) is 9.59 Å². The first-order chi connectivity index (χ1) is 10.2. The standard InChI is InChI=1S/C16H18ClNO4/c1-16(2,3)22-15(20)18-9-5-6-11-7-8-13(17)12(10-11)14(19)21-4/h7-8,10H,9H2,1-4H3,(H,18,20). The first-order valence-corrected chi connectivity index (χ1v) is 6.94. The molecule has 0 saturated heterocycles. The van der Waals surface area contributed by atoms with Crippen LogP contribution >= 0.6 is 11.6 Å². The quantitative estimate of drug-likeness (QED) is 0.671. The first-order valence-electron chi connectivity index (χ1n) is 6.56. The molecule has 0 aliphatic heterocycles. The van der Waals surface area contributed by atoms with Gasteiger partial charge < -0.3 is 14.8 Å². The molecule has 1 rings (SSSR count). The van der Waals surface area contributed by atoms with Crippen molar-refractivity contribution in [3.63, 3.8) is 0 Å². The van der Waals surface area contributed by atoms with Crippen LogP contribution in [0.25, 0.3) is 0 Å². The fraction of sp³-hybridized carbons (Fsp3) is 0.375. The third-order valence-corrected chi connectivity index (χ3v) is 2.65. The van der Waals surface area contributed by atoms with Crippen LogP contribution in [-0.2, 0) is 9.47 Å². The summed E-state index contributed by atoms with van der Waals surface area (Å²) in [5, 5.41) is 2.81. The molecule has 0 fully saturated rings. The summed E-state index contributed by atoms with van der Waals surface area (Å²) in [6.45, 7) is 5.46. The van der Waals surface area contributed by atoms with Crippen molar-refractivity contribution in [2.24, 2.45) is 0 Å². The zero-order chi connectivity index (χ0) is 16.8. The van der Waals surface area contributed by atoms with Gasteiger partial charge in [0.1, 0.15) is 5.60 Å². The Morgan fingerprint density at radius 1 is 1.32 bits per heavy atom. The van der Waals surface area contributed by atoms with Gasteiger partial charge in [0.2, 0.25) is 0 Å². The number of nitrogens with one attached hydrogen (secondary N) is 1. The van der Waals surface area contributed by atoms with Gasteiger partial charge in [0.15, 0.2) is 0 Å². The Balaban J connectivity index is 2.66. The Morgan fingerprint density at radius 2 is 2.00 bits per heavy atom. The van der Waals surface area contributed by atoms with Gasteiger partial charge >= 0.3 is 12.1 Å². The molecule has 22 heavy (non-hydrogen) atoms. The Hall–Kier alpha value is -2.19. The van der Waals surface area contributed by atoms with Crippen LogP contribution in [0.15, 0.2) is 18.2 Å². The normalized spacial score (nSPS) is 10.2. The number of hydrogen-bond donors (Lipinski definition) is 1. The van der Waals surface area contributed by atoms with Crippen molar-refractivity contribution in [1.82, 2.24) is 5.32 Å². The molecule has 1 amide bonds. The number of carbonyl (C=O) groups is 2. The lowest BCUT2D eigenvalue weighted by Gasteiger charge is -2.18. The van der Waals surface area contributed by atoms with Gasteiger partial charge in [-0.3, -0.25) is 0 Å². The van der Waals surface area contributed by atoms with E-state index >= 15 is 0 Å². The molecule has 0 spiro atoms. The number of alkyl carbamates (subject to hydrolysis) is 1. The zero-order valence-corrected chi connectivity index (χ0v) is 13.7. The largest absolute Gasteiger partial charge is 0.465 e. The highest BCUT2D eigenvalue weighted by atomic mass is 35.5. The minimum absolute atomic E-state index is 0.130. The van der Waals surface area contributed by atoms with Crippen LogP contribution in [0, 0.1) is 11.8 Å². The van der Waals surface area contributed by atoms with Gasteiger partial charge in [0.25, 0.3) is 0 Å². The van der Waals surface area contributed by atoms with Gasteiger partial charge in [0, 0.05) is 5.56 Å². The van der Waals surface area contributed by atoms with Gasteiger partial charge in [-0.2, -0.15) is 0 Å². The van der Waals surface area contributed by atoms with Gasteiger partial charge in [-0.15, -0.1) is 0 Å². The number of rotatable bonds is 2. The predicted molar refractivity (Wildman–Crippen MR) is 83.9 cm³/mol. The summed E-state index contributed by atoms with van der Waals surface area (Å²) >= 11 is 5.91. The lowest BCUT2D eigenvalue weighted by Crippen LogP contribution is -2.32. The van der Waals surface area contributed by atoms with Gasteiger partial charge in [0.05, 0.1) is 24.2 Å². The molecule has 0 aromatic heterocycles. The molecular formula is C16H18ClNO4. The zero-order valence-electron chi connectivity index (χ0n) is 13.0. The molecule has 0 aliphatic carbocycles. The molecule has 0 radical (unpaired) electrons. The van der Waals surface area contributed by atoms with Crippen molar-refractivity contribution in [1.29, 1.82) is 0 Å². The second-order valence-electron chi connectivity index (χ2n) is 5.34. The Labute approximate surface area is 134 Å². The van der Waals surface area contributed by atoms with E-state index in [0.717, 1.165) is 0 Å². The third kappa shape index (κ3) is 6.06. The Kier molecular flexibility index (Phi) is 6.26. The van der Waals surface area contributed by atoms with E-state index in [4.69, 9.17) is 16.3 Å². The molecule has 0 saturated carbocycles. The summed E-state index contributed by atoms with van der Waals surface area (Å²) in [7, 11) is 1.28. The number of esters is 1. The number of ether oxygens (including phenoxy) is 2. The first kappa shape index (κ1) is 17.9. The molecule has 5 nitrogen and oxygen atoms in total. The lowest BCUT2D eigenvalue weighted by atomic mass is 10.1. The maximum atomic E-state index is 11.5. The summed E-state index contributed by atoms with van der Waals surface area (Å²) in [6.07, 6.45) is -0.534. The molecule has 1 aromatic carbocycles.